The summed E-state index contributed by atoms with van der Waals surface area (Å²) in [5.41, 5.74) is 4.19. The fraction of sp³-hybridized carbons (Fsp3) is 0.364. The lowest BCUT2D eigenvalue weighted by molar-refractivity contribution is 0.132. The van der Waals surface area contributed by atoms with E-state index in [0.717, 1.165) is 40.6 Å². The maximum Gasteiger partial charge on any atom is 0.407 e. The van der Waals surface area contributed by atoms with E-state index in [1.54, 1.807) is 12.1 Å². The Morgan fingerprint density at radius 2 is 1.93 bits per heavy atom. The van der Waals surface area contributed by atoms with E-state index in [1.165, 1.54) is 11.2 Å². The zero-order chi connectivity index (χ0) is 21.5. The van der Waals surface area contributed by atoms with E-state index >= 15 is 0 Å². The van der Waals surface area contributed by atoms with Crippen LogP contribution < -0.4 is 0 Å². The van der Waals surface area contributed by atoms with Crippen molar-refractivity contribution >= 4 is 26.8 Å². The highest BCUT2D eigenvalue weighted by Gasteiger charge is 2.24. The van der Waals surface area contributed by atoms with E-state index < -0.39 is 15.9 Å². The van der Waals surface area contributed by atoms with Gasteiger partial charge in [-0.15, -0.1) is 0 Å². The maximum absolute atomic E-state index is 11.8. The molecule has 30 heavy (non-hydrogen) atoms. The van der Waals surface area contributed by atoms with Gasteiger partial charge in [-0.25, -0.2) is 13.2 Å². The lowest BCUT2D eigenvalue weighted by atomic mass is 9.89. The molecule has 1 aliphatic heterocycles. The Kier molecular flexibility index (Phi) is 5.27. The molecular formula is C22H25N3O4S. The number of piperidine rings is 1. The van der Waals surface area contributed by atoms with Crippen LogP contribution in [0.15, 0.2) is 47.6 Å². The Morgan fingerprint density at radius 1 is 1.20 bits per heavy atom. The number of nitrogens with zero attached hydrogens (tertiary/aromatic N) is 3. The number of rotatable bonds is 4. The summed E-state index contributed by atoms with van der Waals surface area (Å²) in [5.74, 6) is 0.336. The monoisotopic (exact) mass is 427 g/mol. The normalized spacial score (nSPS) is 15.6. The minimum atomic E-state index is -3.23. The van der Waals surface area contributed by atoms with Gasteiger partial charge in [-0.1, -0.05) is 6.07 Å². The van der Waals surface area contributed by atoms with Gasteiger partial charge in [0.1, 0.15) is 0 Å². The molecule has 2 aromatic heterocycles. The summed E-state index contributed by atoms with van der Waals surface area (Å²) in [6.07, 6.45) is 5.87. The van der Waals surface area contributed by atoms with Crippen LogP contribution in [0.5, 0.6) is 0 Å². The van der Waals surface area contributed by atoms with Gasteiger partial charge in [0, 0.05) is 42.6 Å². The van der Waals surface area contributed by atoms with Gasteiger partial charge in [0.2, 0.25) is 0 Å². The van der Waals surface area contributed by atoms with Gasteiger partial charge in [-0.2, -0.15) is 0 Å². The fourth-order valence-electron chi connectivity index (χ4n) is 4.13. The smallest absolute Gasteiger partial charge is 0.407 e. The molecule has 7 nitrogen and oxygen atoms in total. The van der Waals surface area contributed by atoms with Gasteiger partial charge >= 0.3 is 6.09 Å². The quantitative estimate of drug-likeness (QED) is 0.686. The average Bonchev–Trinajstić information content (AvgIpc) is 3.11. The number of carboxylic acid groups (broad SMARTS) is 1. The number of pyridine rings is 1. The highest BCUT2D eigenvalue weighted by atomic mass is 32.2. The molecule has 1 aliphatic rings. The van der Waals surface area contributed by atoms with Gasteiger partial charge in [0.25, 0.3) is 0 Å². The van der Waals surface area contributed by atoms with Crippen molar-refractivity contribution in [2.75, 3.05) is 19.3 Å². The number of hydrogen-bond acceptors (Lipinski definition) is 4. The van der Waals surface area contributed by atoms with Crippen molar-refractivity contribution in [3.05, 3.63) is 59.5 Å². The van der Waals surface area contributed by atoms with Crippen molar-refractivity contribution in [1.82, 2.24) is 14.5 Å². The van der Waals surface area contributed by atoms with Crippen LogP contribution in [-0.4, -0.2) is 53.4 Å². The molecule has 1 amide bonds. The zero-order valence-electron chi connectivity index (χ0n) is 17.1. The molecule has 1 aromatic carbocycles. The van der Waals surface area contributed by atoms with Crippen LogP contribution in [0, 0.1) is 6.92 Å². The number of fused-ring (bicyclic) bond motifs is 1. The van der Waals surface area contributed by atoms with Crippen LogP contribution >= 0.6 is 0 Å². The standard InChI is InChI=1S/C22H25N3O4S/c1-15-11-18(16-5-8-24(9-6-16)22(26)27)13-23-20(15)14-25-10-7-17-12-19(30(2,28)29)3-4-21(17)25/h3-4,7,10-13,16H,5-6,8-9,14H2,1-2H3,(H,26,27). The van der Waals surface area contributed by atoms with E-state index in [0.29, 0.717) is 30.4 Å². The lowest BCUT2D eigenvalue weighted by Gasteiger charge is -2.30. The number of amides is 1. The first-order valence-corrected chi connectivity index (χ1v) is 11.8. The Labute approximate surface area is 175 Å². The third-order valence-corrected chi connectivity index (χ3v) is 7.05. The Bertz CT molecular complexity index is 1210. The first-order valence-electron chi connectivity index (χ1n) is 9.94. The molecule has 0 aliphatic carbocycles. The second-order valence-corrected chi connectivity index (χ2v) is 10.0. The molecule has 158 valence electrons. The summed E-state index contributed by atoms with van der Waals surface area (Å²) in [7, 11) is -3.23. The number of sulfone groups is 1. The van der Waals surface area contributed by atoms with Crippen LogP contribution in [0.1, 0.15) is 35.6 Å². The number of likely N-dealkylation sites (tertiary alicyclic amines) is 1. The molecule has 8 heteroatoms. The van der Waals surface area contributed by atoms with Crippen molar-refractivity contribution in [2.45, 2.75) is 37.1 Å². The van der Waals surface area contributed by atoms with Crippen molar-refractivity contribution in [3.8, 4) is 0 Å². The molecule has 4 rings (SSSR count). The van der Waals surface area contributed by atoms with Crippen molar-refractivity contribution in [1.29, 1.82) is 0 Å². The highest BCUT2D eigenvalue weighted by molar-refractivity contribution is 7.90. The second-order valence-electron chi connectivity index (χ2n) is 8.01. The Morgan fingerprint density at radius 3 is 2.57 bits per heavy atom. The molecule has 0 spiro atoms. The summed E-state index contributed by atoms with van der Waals surface area (Å²) in [6.45, 7) is 3.77. The summed E-state index contributed by atoms with van der Waals surface area (Å²) in [6, 6.07) is 9.27. The van der Waals surface area contributed by atoms with Crippen LogP contribution in [0.4, 0.5) is 4.79 Å². The summed E-state index contributed by atoms with van der Waals surface area (Å²) < 4.78 is 25.6. The van der Waals surface area contributed by atoms with Crippen molar-refractivity contribution < 1.29 is 18.3 Å². The minimum absolute atomic E-state index is 0.320. The lowest BCUT2D eigenvalue weighted by Crippen LogP contribution is -2.36. The van der Waals surface area contributed by atoms with E-state index in [9.17, 15) is 13.2 Å². The molecule has 1 fully saturated rings. The number of aryl methyl sites for hydroxylation is 1. The van der Waals surface area contributed by atoms with Crippen LogP contribution in [0.3, 0.4) is 0 Å². The van der Waals surface area contributed by atoms with E-state index in [2.05, 4.69) is 10.6 Å². The molecule has 0 unspecified atom stereocenters. The zero-order valence-corrected chi connectivity index (χ0v) is 17.9. The SMILES string of the molecule is Cc1cc(C2CCN(C(=O)O)CC2)cnc1Cn1ccc2cc(S(C)(=O)=O)ccc21. The van der Waals surface area contributed by atoms with Crippen LogP contribution in [0.25, 0.3) is 10.9 Å². The summed E-state index contributed by atoms with van der Waals surface area (Å²) >= 11 is 0. The van der Waals surface area contributed by atoms with Gasteiger partial charge in [0.05, 0.1) is 17.1 Å². The number of hydrogen-bond donors (Lipinski definition) is 1. The number of benzene rings is 1. The van der Waals surface area contributed by atoms with Crippen LogP contribution in [-0.2, 0) is 16.4 Å². The third kappa shape index (κ3) is 4.05. The molecule has 1 saturated heterocycles. The van der Waals surface area contributed by atoms with Gasteiger partial charge < -0.3 is 14.6 Å². The maximum atomic E-state index is 11.8. The molecular weight excluding hydrogens is 402 g/mol. The van der Waals surface area contributed by atoms with Crippen molar-refractivity contribution in [3.63, 3.8) is 0 Å². The molecule has 0 bridgehead atoms. The minimum Gasteiger partial charge on any atom is -0.465 e. The molecule has 3 aromatic rings. The summed E-state index contributed by atoms with van der Waals surface area (Å²) in [5, 5.41) is 10.00. The van der Waals surface area contributed by atoms with Crippen molar-refractivity contribution in [2.24, 2.45) is 0 Å². The van der Waals surface area contributed by atoms with E-state index in [4.69, 9.17) is 10.1 Å². The topological polar surface area (TPSA) is 92.5 Å². The predicted molar refractivity (Wildman–Crippen MR) is 115 cm³/mol. The molecule has 3 heterocycles. The van der Waals surface area contributed by atoms with Gasteiger partial charge in [0.15, 0.2) is 9.84 Å². The Hall–Kier alpha value is -2.87. The molecule has 0 atom stereocenters. The average molecular weight is 428 g/mol. The third-order valence-electron chi connectivity index (χ3n) is 5.94. The molecule has 0 saturated carbocycles. The Balaban J connectivity index is 1.53. The first kappa shape index (κ1) is 20.4. The first-order chi connectivity index (χ1) is 14.2. The second kappa shape index (κ2) is 7.75. The van der Waals surface area contributed by atoms with Gasteiger partial charge in [-0.05, 0) is 61.1 Å². The fourth-order valence-corrected chi connectivity index (χ4v) is 4.78. The predicted octanol–water partition coefficient (Wildman–Crippen LogP) is 3.65. The molecule has 0 radical (unpaired) electrons. The highest BCUT2D eigenvalue weighted by Crippen LogP contribution is 2.29. The number of aromatic nitrogens is 2. The molecule has 1 N–H and O–H groups in total. The van der Waals surface area contributed by atoms with E-state index in [-0.39, 0.29) is 0 Å². The van der Waals surface area contributed by atoms with Crippen LogP contribution in [0.2, 0.25) is 0 Å². The summed E-state index contributed by atoms with van der Waals surface area (Å²) in [4.78, 5) is 17.6. The number of carbonyl (C=O) groups is 1. The van der Waals surface area contributed by atoms with E-state index in [1.807, 2.05) is 31.5 Å². The largest absolute Gasteiger partial charge is 0.465 e. The van der Waals surface area contributed by atoms with Gasteiger partial charge in [-0.3, -0.25) is 4.98 Å².